The third kappa shape index (κ3) is 18.2. The summed E-state index contributed by atoms with van der Waals surface area (Å²) < 4.78 is 43.7. The van der Waals surface area contributed by atoms with Gasteiger partial charge in [0.05, 0.1) is 35.0 Å². The van der Waals surface area contributed by atoms with Crippen molar-refractivity contribution < 1.29 is 18.0 Å². The van der Waals surface area contributed by atoms with Gasteiger partial charge in [-0.15, -0.1) is 0 Å². The molecule has 1 atom stereocenters. The number of anilines is 1. The number of ketones is 1. The number of imidazole rings is 2. The maximum Gasteiger partial charge on any atom is 0.392 e. The second-order valence-electron chi connectivity index (χ2n) is 27.3. The van der Waals surface area contributed by atoms with Gasteiger partial charge in [0.25, 0.3) is 0 Å². The average Bonchev–Trinajstić information content (AvgIpc) is 4.17. The van der Waals surface area contributed by atoms with E-state index >= 15 is 0 Å². The quantitative estimate of drug-likeness (QED) is 0.152. The zero-order valence-electron chi connectivity index (χ0n) is 51.7. The number of hydrogen-bond donors (Lipinski definition) is 1. The minimum Gasteiger partial charge on any atom is -0.353 e. The minimum atomic E-state index is -4.06. The predicted molar refractivity (Wildman–Crippen MR) is 335 cm³/mol. The summed E-state index contributed by atoms with van der Waals surface area (Å²) in [5.74, 6) is -1.16. The van der Waals surface area contributed by atoms with Gasteiger partial charge in [-0.2, -0.15) is 23.4 Å². The monoisotopic (exact) mass is 1110 g/mol. The number of halogens is 3. The van der Waals surface area contributed by atoms with Gasteiger partial charge >= 0.3 is 6.18 Å². The number of fused-ring (bicyclic) bond motifs is 5. The molecule has 0 fully saturated rings. The lowest BCUT2D eigenvalue weighted by molar-refractivity contribution is -0.194. The molecule has 0 unspecified atom stereocenters. The van der Waals surface area contributed by atoms with Crippen LogP contribution in [0.5, 0.6) is 0 Å². The van der Waals surface area contributed by atoms with E-state index < -0.39 is 17.5 Å². The van der Waals surface area contributed by atoms with Crippen LogP contribution in [0.1, 0.15) is 172 Å². The van der Waals surface area contributed by atoms with E-state index in [1.165, 1.54) is 56.5 Å². The third-order valence-electron chi connectivity index (χ3n) is 14.5. The Morgan fingerprint density at radius 1 is 0.531 bits per heavy atom. The average molecular weight is 1110 g/mol. The van der Waals surface area contributed by atoms with Crippen molar-refractivity contribution in [3.63, 3.8) is 0 Å². The van der Waals surface area contributed by atoms with Crippen molar-refractivity contribution in [3.8, 4) is 0 Å². The first kappa shape index (κ1) is 66.5. The molecule has 6 aromatic heterocycles. The van der Waals surface area contributed by atoms with Crippen LogP contribution in [-0.2, 0) is 52.4 Å². The van der Waals surface area contributed by atoms with E-state index in [2.05, 4.69) is 226 Å². The Bertz CT molecular complexity index is 3430. The van der Waals surface area contributed by atoms with Crippen LogP contribution in [0.4, 0.5) is 18.9 Å². The number of alkyl halides is 3. The Balaban J connectivity index is 0.000000210. The van der Waals surface area contributed by atoms with Gasteiger partial charge in [0, 0.05) is 74.2 Å². The first-order chi connectivity index (χ1) is 36.6. The van der Waals surface area contributed by atoms with Gasteiger partial charge in [0.1, 0.15) is 11.3 Å². The minimum absolute atomic E-state index is 0. The summed E-state index contributed by atoms with van der Waals surface area (Å²) in [6.45, 7) is 42.9. The van der Waals surface area contributed by atoms with Crippen LogP contribution in [0.15, 0.2) is 141 Å². The highest BCUT2D eigenvalue weighted by Crippen LogP contribution is 2.39. The maximum atomic E-state index is 11.9. The van der Waals surface area contributed by atoms with Crippen molar-refractivity contribution in [3.05, 3.63) is 174 Å². The molecule has 7 heterocycles. The van der Waals surface area contributed by atoms with E-state index in [1.807, 2.05) is 71.1 Å². The molecule has 10 rings (SSSR count). The molecule has 0 saturated heterocycles. The Labute approximate surface area is 482 Å². The largest absolute Gasteiger partial charge is 0.392 e. The molecule has 438 valence electrons. The molecule has 10 nitrogen and oxygen atoms in total. The van der Waals surface area contributed by atoms with Crippen molar-refractivity contribution in [2.75, 3.05) is 5.32 Å². The molecular weight excluding hydrogens is 1020 g/mol. The summed E-state index contributed by atoms with van der Waals surface area (Å²) in [5.41, 5.74) is 13.9. The number of rotatable bonds is 0. The fraction of sp³-hybridized carbons (Fsp3) is 0.456. The summed E-state index contributed by atoms with van der Waals surface area (Å²) in [7, 11) is 3.95. The zero-order chi connectivity index (χ0) is 60.1. The highest BCUT2D eigenvalue weighted by atomic mass is 19.4. The number of pyridine rings is 2. The van der Waals surface area contributed by atoms with E-state index in [0.717, 1.165) is 22.5 Å². The Hall–Kier alpha value is -7.02. The van der Waals surface area contributed by atoms with Crippen molar-refractivity contribution >= 4 is 44.6 Å². The highest BCUT2D eigenvalue weighted by Gasteiger charge is 2.43. The summed E-state index contributed by atoms with van der Waals surface area (Å²) in [5, 5.41) is 14.0. The molecule has 1 aliphatic rings. The van der Waals surface area contributed by atoms with E-state index in [1.54, 1.807) is 20.8 Å². The van der Waals surface area contributed by atoms with Gasteiger partial charge in [-0.25, -0.2) is 9.97 Å². The van der Waals surface area contributed by atoms with Crippen LogP contribution in [0.25, 0.3) is 33.1 Å². The standard InChI is InChI=1S/C14H17NO.2C12H16N2.2C11H14N2.C7H13F3.CH4/c1-9-13(16)7-10-5-6-11(14(2,3)4)8-12(10)15-9;1-12(2,3)10-5-6-11-9(7-10)8-13-14(11)4;1-12(2,3)10-6-5-9-8-13-14(4)11(9)7-10;1-11(2,3)9-4-6-13-7-5-12-10(13)8-9;1-11(2,3)9-4-5-10-12-6-7-13(10)8-9;1-5(6(2,3)4)7(8,9)10;/h5-6,8,15H,1,7H2,2-4H3;2*5-8H,1-4H3;2*4-8H,1-3H3;5H,1-4H3;1H4/t;;;;;5-;/m.....1./s1. The number of carbonyl (C=O) groups excluding carboxylic acids is 1. The van der Waals surface area contributed by atoms with Crippen LogP contribution in [-0.4, -0.2) is 50.3 Å². The molecule has 0 amide bonds. The van der Waals surface area contributed by atoms with Gasteiger partial charge in [-0.05, 0) is 108 Å². The van der Waals surface area contributed by atoms with Gasteiger partial charge in [-0.1, -0.05) is 182 Å². The summed E-state index contributed by atoms with van der Waals surface area (Å²) in [6, 6.07) is 27.8. The first-order valence-electron chi connectivity index (χ1n) is 27.5. The number of Topliss-reactive ketones (excluding diaryl/α,β-unsaturated/α-hetero) is 1. The molecular formula is C68H94F3N9O. The lowest BCUT2D eigenvalue weighted by Crippen LogP contribution is -2.31. The van der Waals surface area contributed by atoms with Crippen molar-refractivity contribution in [1.29, 1.82) is 0 Å². The lowest BCUT2D eigenvalue weighted by Gasteiger charge is -2.28. The number of carbonyl (C=O) groups is 1. The molecule has 0 spiro atoms. The van der Waals surface area contributed by atoms with Gasteiger partial charge < -0.3 is 14.1 Å². The molecule has 81 heavy (non-hydrogen) atoms. The fourth-order valence-corrected chi connectivity index (χ4v) is 8.30. The molecule has 0 aliphatic carbocycles. The lowest BCUT2D eigenvalue weighted by atomic mass is 9.82. The van der Waals surface area contributed by atoms with Crippen LogP contribution in [0, 0.1) is 11.3 Å². The van der Waals surface area contributed by atoms with E-state index in [0.29, 0.717) is 12.1 Å². The van der Waals surface area contributed by atoms with Crippen LogP contribution in [0.2, 0.25) is 0 Å². The molecule has 0 bridgehead atoms. The molecule has 1 aliphatic heterocycles. The second-order valence-corrected chi connectivity index (χ2v) is 27.3. The van der Waals surface area contributed by atoms with Crippen molar-refractivity contribution in [1.82, 2.24) is 38.3 Å². The van der Waals surface area contributed by atoms with Gasteiger partial charge in [-0.3, -0.25) is 14.2 Å². The summed E-state index contributed by atoms with van der Waals surface area (Å²) in [6.07, 6.45) is 12.0. The molecule has 0 radical (unpaired) electrons. The topological polar surface area (TPSA) is 99.3 Å². The van der Waals surface area contributed by atoms with Crippen molar-refractivity contribution in [2.45, 2.75) is 179 Å². The maximum absolute atomic E-state index is 11.9. The molecule has 9 aromatic rings. The third-order valence-corrected chi connectivity index (χ3v) is 14.5. The molecule has 13 heteroatoms. The molecule has 3 aromatic carbocycles. The van der Waals surface area contributed by atoms with Gasteiger partial charge in [0.2, 0.25) is 0 Å². The Kier molecular flexibility index (Phi) is 20.9. The number of benzene rings is 3. The van der Waals surface area contributed by atoms with E-state index in [-0.39, 0.29) is 40.3 Å². The SMILES string of the molecule is C.C=C1Nc2cc(C(C)(C)C)ccc2CC1=O.CC(C)(C)c1ccc2nccn2c1.CC(C)(C)c1ccn2ccnc2c1.C[C@H](C(C)(C)C)C(F)(F)F.Cn1ncc2cc(C(C)(C)C)ccc21.Cn1ncc2ccc(C(C)(C)C)cc21. The Morgan fingerprint density at radius 3 is 1.54 bits per heavy atom. The number of aromatic nitrogens is 8. The number of nitrogens with one attached hydrogen (secondary N) is 1. The molecule has 0 saturated carbocycles. The molecule has 1 N–H and O–H groups in total. The number of allylic oxidation sites excluding steroid dienone is 1. The summed E-state index contributed by atoms with van der Waals surface area (Å²) in [4.78, 5) is 19.9. The van der Waals surface area contributed by atoms with Crippen LogP contribution < -0.4 is 5.32 Å². The normalized spacial score (nSPS) is 13.4. The fourth-order valence-electron chi connectivity index (χ4n) is 8.30. The number of nitrogens with zero attached hydrogens (tertiary/aromatic N) is 8. The van der Waals surface area contributed by atoms with Crippen molar-refractivity contribution in [2.24, 2.45) is 25.4 Å². The van der Waals surface area contributed by atoms with E-state index in [4.69, 9.17) is 0 Å². The van der Waals surface area contributed by atoms with E-state index in [9.17, 15) is 18.0 Å². The highest BCUT2D eigenvalue weighted by molar-refractivity contribution is 6.02. The number of aryl methyl sites for hydroxylation is 2. The predicted octanol–water partition coefficient (Wildman–Crippen LogP) is 17.9. The Morgan fingerprint density at radius 2 is 1.00 bits per heavy atom. The summed E-state index contributed by atoms with van der Waals surface area (Å²) >= 11 is 0. The number of hydrogen-bond acceptors (Lipinski definition) is 6. The van der Waals surface area contributed by atoms with Gasteiger partial charge in [0.15, 0.2) is 5.78 Å². The smallest absolute Gasteiger partial charge is 0.353 e. The zero-order valence-corrected chi connectivity index (χ0v) is 51.7. The first-order valence-corrected chi connectivity index (χ1v) is 27.5. The van der Waals surface area contributed by atoms with Crippen LogP contribution >= 0.6 is 0 Å². The second kappa shape index (κ2) is 25.4. The van der Waals surface area contributed by atoms with Crippen LogP contribution in [0.3, 0.4) is 0 Å².